The Labute approximate surface area is 180 Å². The number of hydrogen-bond donors (Lipinski definition) is 0. The van der Waals surface area contributed by atoms with E-state index in [9.17, 15) is 9.59 Å². The second kappa shape index (κ2) is 8.79. The number of rotatable bonds is 6. The molecule has 1 saturated carbocycles. The lowest BCUT2D eigenvalue weighted by Gasteiger charge is -2.32. The highest BCUT2D eigenvalue weighted by atomic mass is 32.2. The van der Waals surface area contributed by atoms with Gasteiger partial charge in [0.1, 0.15) is 0 Å². The number of benzene rings is 1. The van der Waals surface area contributed by atoms with Gasteiger partial charge in [-0.25, -0.2) is 0 Å². The molecule has 0 aliphatic heterocycles. The van der Waals surface area contributed by atoms with E-state index in [1.54, 1.807) is 4.57 Å². The number of aromatic nitrogens is 4. The molecule has 3 aromatic rings. The van der Waals surface area contributed by atoms with Crippen LogP contribution in [0.5, 0.6) is 0 Å². The quantitative estimate of drug-likeness (QED) is 0.561. The van der Waals surface area contributed by atoms with Crippen molar-refractivity contribution >= 4 is 34.3 Å². The lowest BCUT2D eigenvalue weighted by molar-refractivity contribution is -0.131. The molecule has 1 amide bonds. The van der Waals surface area contributed by atoms with Gasteiger partial charge < -0.3 is 4.90 Å². The minimum atomic E-state index is -0.283. The highest BCUT2D eigenvalue weighted by Gasteiger charge is 2.28. The van der Waals surface area contributed by atoms with Gasteiger partial charge in [0, 0.05) is 19.6 Å². The molecular formula is C22H29N5O2S. The second-order valence-electron chi connectivity index (χ2n) is 8.09. The van der Waals surface area contributed by atoms with Crippen LogP contribution in [-0.4, -0.2) is 48.3 Å². The van der Waals surface area contributed by atoms with Crippen LogP contribution < -0.4 is 5.56 Å². The van der Waals surface area contributed by atoms with Crippen molar-refractivity contribution in [2.45, 2.75) is 75.4 Å². The van der Waals surface area contributed by atoms with Gasteiger partial charge in [0.25, 0.3) is 5.56 Å². The van der Waals surface area contributed by atoms with E-state index >= 15 is 0 Å². The minimum Gasteiger partial charge on any atom is -0.342 e. The first kappa shape index (κ1) is 20.9. The third kappa shape index (κ3) is 3.73. The Morgan fingerprint density at radius 2 is 1.97 bits per heavy atom. The molecule has 4 rings (SSSR count). The van der Waals surface area contributed by atoms with E-state index in [-0.39, 0.29) is 16.7 Å². The zero-order chi connectivity index (χ0) is 21.3. The molecule has 0 bridgehead atoms. The van der Waals surface area contributed by atoms with Crippen LogP contribution in [0.2, 0.25) is 0 Å². The van der Waals surface area contributed by atoms with Crippen LogP contribution in [0.1, 0.15) is 52.4 Å². The molecule has 160 valence electrons. The van der Waals surface area contributed by atoms with Crippen LogP contribution in [-0.2, 0) is 11.3 Å². The van der Waals surface area contributed by atoms with Crippen LogP contribution >= 0.6 is 11.8 Å². The normalized spacial score (nSPS) is 16.2. The number of carbonyl (C=O) groups excluding carboxylic acids is 1. The molecule has 7 nitrogen and oxygen atoms in total. The summed E-state index contributed by atoms with van der Waals surface area (Å²) < 4.78 is 3.60. The molecular weight excluding hydrogens is 398 g/mol. The van der Waals surface area contributed by atoms with Crippen LogP contribution in [0.25, 0.3) is 16.7 Å². The van der Waals surface area contributed by atoms with E-state index in [1.807, 2.05) is 54.5 Å². The van der Waals surface area contributed by atoms with Crippen molar-refractivity contribution in [1.82, 2.24) is 24.1 Å². The topological polar surface area (TPSA) is 72.5 Å². The van der Waals surface area contributed by atoms with Gasteiger partial charge in [0.05, 0.1) is 16.2 Å². The highest BCUT2D eigenvalue weighted by Crippen LogP contribution is 2.28. The molecule has 0 radical (unpaired) electrons. The molecule has 1 atom stereocenters. The standard InChI is InChI=1S/C22H29N5O2S/c1-4-14-26-20(29)17-12-8-9-13-18(17)27-21(26)23-24-22(27)30-15(2)19(28)25(3)16-10-6-5-7-11-16/h8-9,12-13,15-16H,4-7,10-11,14H2,1-3H3. The molecule has 1 aliphatic carbocycles. The van der Waals surface area contributed by atoms with Gasteiger partial charge in [0.2, 0.25) is 11.7 Å². The number of carbonyl (C=O) groups is 1. The molecule has 0 saturated heterocycles. The average molecular weight is 428 g/mol. The summed E-state index contributed by atoms with van der Waals surface area (Å²) in [5.74, 6) is 0.651. The molecule has 30 heavy (non-hydrogen) atoms. The summed E-state index contributed by atoms with van der Waals surface area (Å²) in [6.07, 6.45) is 6.65. The lowest BCUT2D eigenvalue weighted by Crippen LogP contribution is -2.42. The largest absolute Gasteiger partial charge is 0.342 e. The highest BCUT2D eigenvalue weighted by molar-refractivity contribution is 8.00. The van der Waals surface area contributed by atoms with Crippen LogP contribution in [0, 0.1) is 0 Å². The van der Waals surface area contributed by atoms with Gasteiger partial charge in [-0.15, -0.1) is 10.2 Å². The van der Waals surface area contributed by atoms with Crippen molar-refractivity contribution in [2.24, 2.45) is 0 Å². The summed E-state index contributed by atoms with van der Waals surface area (Å²) in [5.41, 5.74) is 0.725. The Bertz CT molecular complexity index is 1120. The summed E-state index contributed by atoms with van der Waals surface area (Å²) in [5, 5.41) is 9.69. The molecule has 1 unspecified atom stereocenters. The number of fused-ring (bicyclic) bond motifs is 3. The number of aryl methyl sites for hydroxylation is 1. The summed E-state index contributed by atoms with van der Waals surface area (Å²) in [6, 6.07) is 7.86. The first-order valence-electron chi connectivity index (χ1n) is 10.8. The Balaban J connectivity index is 1.69. The van der Waals surface area contributed by atoms with Crippen molar-refractivity contribution in [3.05, 3.63) is 34.6 Å². The summed E-state index contributed by atoms with van der Waals surface area (Å²) in [6.45, 7) is 4.54. The summed E-state index contributed by atoms with van der Waals surface area (Å²) in [7, 11) is 1.92. The van der Waals surface area contributed by atoms with E-state index in [4.69, 9.17) is 0 Å². The SMILES string of the molecule is CCCn1c(=O)c2ccccc2n2c(SC(C)C(=O)N(C)C3CCCCC3)nnc12. The van der Waals surface area contributed by atoms with Crippen molar-refractivity contribution in [1.29, 1.82) is 0 Å². The number of nitrogens with zero attached hydrogens (tertiary/aromatic N) is 5. The Morgan fingerprint density at radius 3 is 2.70 bits per heavy atom. The Kier molecular flexibility index (Phi) is 6.13. The minimum absolute atomic E-state index is 0.0509. The fourth-order valence-electron chi connectivity index (χ4n) is 4.38. The Hall–Kier alpha value is -2.35. The van der Waals surface area contributed by atoms with Gasteiger partial charge in [-0.2, -0.15) is 0 Å². The third-order valence-electron chi connectivity index (χ3n) is 6.03. The smallest absolute Gasteiger partial charge is 0.262 e. The second-order valence-corrected chi connectivity index (χ2v) is 9.40. The monoisotopic (exact) mass is 427 g/mol. The number of amides is 1. The number of thioether (sulfide) groups is 1. The molecule has 1 aromatic carbocycles. The van der Waals surface area contributed by atoms with E-state index in [0.717, 1.165) is 24.8 Å². The van der Waals surface area contributed by atoms with Crippen LogP contribution in [0.15, 0.2) is 34.2 Å². The van der Waals surface area contributed by atoms with E-state index in [1.165, 1.54) is 31.0 Å². The van der Waals surface area contributed by atoms with Crippen molar-refractivity contribution in [2.75, 3.05) is 7.05 Å². The molecule has 2 aromatic heterocycles. The van der Waals surface area contributed by atoms with Gasteiger partial charge in [-0.05, 0) is 38.3 Å². The predicted octanol–water partition coefficient (Wildman–Crippen LogP) is 3.73. The fourth-order valence-corrected chi connectivity index (χ4v) is 5.34. The van der Waals surface area contributed by atoms with Crippen LogP contribution in [0.3, 0.4) is 0 Å². The average Bonchev–Trinajstić information content (AvgIpc) is 3.19. The van der Waals surface area contributed by atoms with Gasteiger partial charge in [-0.3, -0.25) is 18.6 Å². The van der Waals surface area contributed by atoms with E-state index in [2.05, 4.69) is 10.2 Å². The van der Waals surface area contributed by atoms with Gasteiger partial charge in [0.15, 0.2) is 5.16 Å². The first-order chi connectivity index (χ1) is 14.5. The van der Waals surface area contributed by atoms with Crippen molar-refractivity contribution in [3.8, 4) is 0 Å². The zero-order valence-corrected chi connectivity index (χ0v) is 18.7. The summed E-state index contributed by atoms with van der Waals surface area (Å²) in [4.78, 5) is 28.0. The van der Waals surface area contributed by atoms with E-state index < -0.39 is 0 Å². The van der Waals surface area contributed by atoms with Gasteiger partial charge >= 0.3 is 0 Å². The maximum absolute atomic E-state index is 13.1. The van der Waals surface area contributed by atoms with Crippen LogP contribution in [0.4, 0.5) is 0 Å². The van der Waals surface area contributed by atoms with Crippen molar-refractivity contribution < 1.29 is 4.79 Å². The first-order valence-corrected chi connectivity index (χ1v) is 11.7. The molecule has 1 aliphatic rings. The predicted molar refractivity (Wildman–Crippen MR) is 120 cm³/mol. The molecule has 2 heterocycles. The fraction of sp³-hybridized carbons (Fsp3) is 0.545. The summed E-state index contributed by atoms with van der Waals surface area (Å²) >= 11 is 1.41. The molecule has 0 spiro atoms. The molecule has 8 heteroatoms. The van der Waals surface area contributed by atoms with Crippen molar-refractivity contribution in [3.63, 3.8) is 0 Å². The van der Waals surface area contributed by atoms with Gasteiger partial charge in [-0.1, -0.05) is 50.1 Å². The number of hydrogen-bond acceptors (Lipinski definition) is 5. The Morgan fingerprint density at radius 1 is 1.23 bits per heavy atom. The lowest BCUT2D eigenvalue weighted by atomic mass is 9.94. The molecule has 1 fully saturated rings. The van der Waals surface area contributed by atoms with E-state index in [0.29, 0.717) is 28.9 Å². The molecule has 0 N–H and O–H groups in total. The maximum Gasteiger partial charge on any atom is 0.262 e. The third-order valence-corrected chi connectivity index (χ3v) is 7.06. The zero-order valence-electron chi connectivity index (χ0n) is 17.9. The maximum atomic E-state index is 13.1. The number of para-hydroxylation sites is 1.